The summed E-state index contributed by atoms with van der Waals surface area (Å²) < 4.78 is 2.17. The van der Waals surface area contributed by atoms with Gasteiger partial charge in [-0.1, -0.05) is 105 Å². The van der Waals surface area contributed by atoms with Crippen LogP contribution in [0.5, 0.6) is 0 Å². The number of benzene rings is 3. The first kappa shape index (κ1) is 29.5. The molecule has 1 N–H and O–H groups in total. The Kier molecular flexibility index (Phi) is 8.15. The number of aliphatic hydroxyl groups is 1. The first-order chi connectivity index (χ1) is 21.3. The van der Waals surface area contributed by atoms with Crippen LogP contribution in [0, 0.1) is 5.41 Å². The summed E-state index contributed by atoms with van der Waals surface area (Å²) in [4.78, 5) is 29.8. The van der Waals surface area contributed by atoms with Crippen LogP contribution in [0.1, 0.15) is 54.6 Å². The summed E-state index contributed by atoms with van der Waals surface area (Å²) in [5, 5.41) is 9.67. The second kappa shape index (κ2) is 12.2. The van der Waals surface area contributed by atoms with Gasteiger partial charge in [-0.25, -0.2) is 15.0 Å². The van der Waals surface area contributed by atoms with Gasteiger partial charge in [-0.15, -0.1) is 0 Å². The van der Waals surface area contributed by atoms with E-state index < -0.39 is 11.0 Å². The van der Waals surface area contributed by atoms with Crippen LogP contribution in [-0.4, -0.2) is 50.6 Å². The van der Waals surface area contributed by atoms with Crippen molar-refractivity contribution >= 4 is 11.6 Å². The van der Waals surface area contributed by atoms with Gasteiger partial charge in [-0.3, -0.25) is 4.79 Å². The highest BCUT2D eigenvalue weighted by molar-refractivity contribution is 5.84. The molecule has 0 bridgehead atoms. The zero-order valence-corrected chi connectivity index (χ0v) is 25.6. The quantitative estimate of drug-likeness (QED) is 0.189. The molecule has 0 aliphatic heterocycles. The van der Waals surface area contributed by atoms with Gasteiger partial charge in [0.05, 0.1) is 12.9 Å². The molecular formula is C37H39N5O2. The van der Waals surface area contributed by atoms with Crippen molar-refractivity contribution in [3.05, 3.63) is 131 Å². The smallest absolute Gasteiger partial charge is 0.182 e. The number of nitrogens with zero attached hydrogens (tertiary/aromatic N) is 5. The van der Waals surface area contributed by atoms with Crippen LogP contribution in [0.25, 0.3) is 11.5 Å². The van der Waals surface area contributed by atoms with Gasteiger partial charge >= 0.3 is 0 Å². The first-order valence-electron chi connectivity index (χ1n) is 15.3. The van der Waals surface area contributed by atoms with Crippen LogP contribution in [0.4, 0.5) is 5.82 Å². The fourth-order valence-electron chi connectivity index (χ4n) is 6.43. The molecule has 0 saturated heterocycles. The molecule has 44 heavy (non-hydrogen) atoms. The van der Waals surface area contributed by atoms with Crippen molar-refractivity contribution < 1.29 is 9.90 Å². The van der Waals surface area contributed by atoms with Crippen molar-refractivity contribution in [2.75, 3.05) is 25.1 Å². The molecule has 224 valence electrons. The molecule has 0 unspecified atom stereocenters. The molecule has 1 aliphatic rings. The van der Waals surface area contributed by atoms with E-state index in [2.05, 4.69) is 77.4 Å². The second-order valence-electron chi connectivity index (χ2n) is 12.5. The highest BCUT2D eigenvalue weighted by Gasteiger charge is 2.38. The van der Waals surface area contributed by atoms with Crippen LogP contribution in [0.3, 0.4) is 0 Å². The molecule has 0 atom stereocenters. The molecule has 2 aromatic heterocycles. The number of likely N-dealkylation sites (N-methyl/N-ethyl adjacent to an activating group) is 1. The Morgan fingerprint density at radius 2 is 1.43 bits per heavy atom. The number of imidazole rings is 1. The SMILES string of the molecule is CN(CC(=O)CC(C)(C)CO)c1nc(-c2cn(C(c3ccccc3)(c3ccccc3)c3ccccc3)cn2)nc2c1CCC2. The van der Waals surface area contributed by atoms with Crippen LogP contribution >= 0.6 is 0 Å². The summed E-state index contributed by atoms with van der Waals surface area (Å²) >= 11 is 0. The number of ketones is 1. The predicted octanol–water partition coefficient (Wildman–Crippen LogP) is 6.08. The topological polar surface area (TPSA) is 84.1 Å². The van der Waals surface area contributed by atoms with Gasteiger partial charge in [0.2, 0.25) is 0 Å². The van der Waals surface area contributed by atoms with Gasteiger partial charge in [-0.05, 0) is 41.4 Å². The van der Waals surface area contributed by atoms with Crippen molar-refractivity contribution in [2.24, 2.45) is 5.41 Å². The normalized spacial score (nSPS) is 13.1. The van der Waals surface area contributed by atoms with E-state index >= 15 is 0 Å². The minimum atomic E-state index is -0.683. The van der Waals surface area contributed by atoms with Crippen molar-refractivity contribution in [3.63, 3.8) is 0 Å². The Hall–Kier alpha value is -4.62. The third-order valence-electron chi connectivity index (χ3n) is 8.56. The van der Waals surface area contributed by atoms with Crippen molar-refractivity contribution in [3.8, 4) is 11.5 Å². The number of aliphatic hydroxyl groups excluding tert-OH is 1. The average Bonchev–Trinajstić information content (AvgIpc) is 3.73. The molecule has 3 aromatic carbocycles. The fraction of sp³-hybridized carbons (Fsp3) is 0.297. The van der Waals surface area contributed by atoms with E-state index in [1.54, 1.807) is 0 Å². The Morgan fingerprint density at radius 3 is 1.98 bits per heavy atom. The third kappa shape index (κ3) is 5.55. The van der Waals surface area contributed by atoms with Crippen molar-refractivity contribution in [1.29, 1.82) is 0 Å². The minimum Gasteiger partial charge on any atom is -0.396 e. The number of aromatic nitrogens is 4. The summed E-state index contributed by atoms with van der Waals surface area (Å²) in [5.74, 6) is 1.41. The molecule has 0 amide bonds. The van der Waals surface area contributed by atoms with Gasteiger partial charge in [0.15, 0.2) is 11.6 Å². The van der Waals surface area contributed by atoms with Crippen molar-refractivity contribution in [2.45, 2.75) is 45.1 Å². The molecule has 0 fully saturated rings. The number of carbonyl (C=O) groups is 1. The number of rotatable bonds is 11. The van der Waals surface area contributed by atoms with Gasteiger partial charge in [-0.2, -0.15) is 0 Å². The van der Waals surface area contributed by atoms with Crippen LogP contribution in [-0.2, 0) is 23.2 Å². The molecule has 2 heterocycles. The number of anilines is 1. The third-order valence-corrected chi connectivity index (χ3v) is 8.56. The summed E-state index contributed by atoms with van der Waals surface area (Å²) in [6.07, 6.45) is 7.00. The molecule has 6 rings (SSSR count). The lowest BCUT2D eigenvalue weighted by Crippen LogP contribution is -2.36. The van der Waals surface area contributed by atoms with E-state index in [9.17, 15) is 9.90 Å². The highest BCUT2D eigenvalue weighted by atomic mass is 16.3. The average molecular weight is 586 g/mol. The van der Waals surface area contributed by atoms with Crippen molar-refractivity contribution in [1.82, 2.24) is 19.5 Å². The van der Waals surface area contributed by atoms with E-state index in [-0.39, 0.29) is 18.9 Å². The molecule has 0 saturated carbocycles. The maximum absolute atomic E-state index is 13.0. The van der Waals surface area contributed by atoms with Crippen LogP contribution in [0.15, 0.2) is 104 Å². The molecule has 5 aromatic rings. The lowest BCUT2D eigenvalue weighted by molar-refractivity contribution is -0.120. The zero-order chi connectivity index (χ0) is 30.7. The van der Waals surface area contributed by atoms with Gasteiger partial charge in [0.1, 0.15) is 17.1 Å². The standard InChI is InChI=1S/C37H39N5O2/c1-36(2,25-43)22-30(44)23-41(3)35-31-20-13-21-32(31)39-34(40-35)33-24-42(26-38-33)37(27-14-7-4-8-15-27,28-16-9-5-10-17-28)29-18-11-6-12-19-29/h4-12,14-19,24,26,43H,13,20-23,25H2,1-3H3. The zero-order valence-electron chi connectivity index (χ0n) is 25.6. The van der Waals surface area contributed by atoms with E-state index in [0.717, 1.165) is 53.0 Å². The van der Waals surface area contributed by atoms with Crippen LogP contribution in [0.2, 0.25) is 0 Å². The lowest BCUT2D eigenvalue weighted by Gasteiger charge is -2.37. The molecular weight excluding hydrogens is 546 g/mol. The number of Topliss-reactive ketones (excluding diaryl/α,β-unsaturated/α-hetero) is 1. The summed E-state index contributed by atoms with van der Waals surface area (Å²) in [6, 6.07) is 31.5. The van der Waals surface area contributed by atoms with Crippen LogP contribution < -0.4 is 4.90 Å². The Balaban J connectivity index is 1.45. The summed E-state index contributed by atoms with van der Waals surface area (Å²) in [7, 11) is 1.92. The van der Waals surface area contributed by atoms with Gasteiger partial charge < -0.3 is 14.6 Å². The van der Waals surface area contributed by atoms with E-state index in [4.69, 9.17) is 15.0 Å². The van der Waals surface area contributed by atoms with E-state index in [1.807, 2.05) is 56.5 Å². The number of aryl methyl sites for hydroxylation is 1. The Morgan fingerprint density at radius 1 is 0.864 bits per heavy atom. The summed E-state index contributed by atoms with van der Waals surface area (Å²) in [5.41, 5.74) is 5.01. The molecule has 0 spiro atoms. The van der Waals surface area contributed by atoms with E-state index in [1.165, 1.54) is 0 Å². The minimum absolute atomic E-state index is 0.0331. The molecule has 1 aliphatic carbocycles. The number of hydrogen-bond acceptors (Lipinski definition) is 6. The maximum atomic E-state index is 13.0. The largest absolute Gasteiger partial charge is 0.396 e. The Labute approximate surface area is 259 Å². The molecule has 0 radical (unpaired) electrons. The lowest BCUT2D eigenvalue weighted by atomic mass is 9.77. The number of carbonyl (C=O) groups excluding carboxylic acids is 1. The maximum Gasteiger partial charge on any atom is 0.182 e. The number of fused-ring (bicyclic) bond motifs is 1. The predicted molar refractivity (Wildman–Crippen MR) is 174 cm³/mol. The molecule has 7 nitrogen and oxygen atoms in total. The first-order valence-corrected chi connectivity index (χ1v) is 15.3. The van der Waals surface area contributed by atoms with Gasteiger partial charge in [0.25, 0.3) is 0 Å². The summed E-state index contributed by atoms with van der Waals surface area (Å²) in [6.45, 7) is 4.00. The van der Waals surface area contributed by atoms with E-state index in [0.29, 0.717) is 17.9 Å². The molecule has 7 heteroatoms. The highest BCUT2D eigenvalue weighted by Crippen LogP contribution is 2.41. The monoisotopic (exact) mass is 585 g/mol. The Bertz CT molecular complexity index is 1640. The number of hydrogen-bond donors (Lipinski definition) is 1. The van der Waals surface area contributed by atoms with Gasteiger partial charge in [0, 0.05) is 37.5 Å². The fourth-order valence-corrected chi connectivity index (χ4v) is 6.43. The second-order valence-corrected chi connectivity index (χ2v) is 12.5.